The van der Waals surface area contributed by atoms with E-state index in [-0.39, 0.29) is 23.7 Å². The summed E-state index contributed by atoms with van der Waals surface area (Å²) in [6.07, 6.45) is 0. The molecule has 2 rings (SSSR count). The van der Waals surface area contributed by atoms with Gasteiger partial charge in [0.2, 0.25) is 0 Å². The first-order chi connectivity index (χ1) is 10.0. The number of aryl methyl sites for hydroxylation is 1. The molecule has 4 nitrogen and oxygen atoms in total. The van der Waals surface area contributed by atoms with Crippen LogP contribution < -0.4 is 10.5 Å². The summed E-state index contributed by atoms with van der Waals surface area (Å²) < 4.78 is 23.8. The number of nitrogen functional groups attached to an aromatic ring is 1. The molecule has 0 spiro atoms. The number of halogens is 1. The lowest BCUT2D eigenvalue weighted by atomic mass is 10.1. The standard InChI is InChI=1S/C16H16FNO3/c1-3-20-16(19)12-5-4-6-13(18)15(12)21-14-8-7-11(17)9-10(14)2/h4-9H,3,18H2,1-2H3. The van der Waals surface area contributed by atoms with E-state index < -0.39 is 5.97 Å². The highest BCUT2D eigenvalue weighted by molar-refractivity contribution is 5.94. The predicted molar refractivity (Wildman–Crippen MR) is 78.0 cm³/mol. The molecule has 0 aliphatic rings. The van der Waals surface area contributed by atoms with E-state index in [1.165, 1.54) is 18.2 Å². The van der Waals surface area contributed by atoms with Crippen LogP contribution in [0.3, 0.4) is 0 Å². The van der Waals surface area contributed by atoms with E-state index in [2.05, 4.69) is 0 Å². The van der Waals surface area contributed by atoms with Crippen LogP contribution in [0.15, 0.2) is 36.4 Å². The monoisotopic (exact) mass is 289 g/mol. The number of rotatable bonds is 4. The van der Waals surface area contributed by atoms with Crippen molar-refractivity contribution in [2.45, 2.75) is 13.8 Å². The number of carbonyl (C=O) groups is 1. The largest absolute Gasteiger partial charge is 0.462 e. The van der Waals surface area contributed by atoms with Gasteiger partial charge in [-0.25, -0.2) is 9.18 Å². The fourth-order valence-electron chi connectivity index (χ4n) is 1.88. The minimum absolute atomic E-state index is 0.214. The Balaban J connectivity index is 2.41. The third-order valence-electron chi connectivity index (χ3n) is 2.89. The molecule has 0 bridgehead atoms. The number of nitrogens with two attached hydrogens (primary N) is 1. The van der Waals surface area contributed by atoms with E-state index in [0.717, 1.165) is 0 Å². The molecule has 2 aromatic rings. The lowest BCUT2D eigenvalue weighted by Gasteiger charge is -2.14. The first-order valence-corrected chi connectivity index (χ1v) is 6.52. The van der Waals surface area contributed by atoms with E-state index in [1.807, 2.05) is 0 Å². The molecular weight excluding hydrogens is 273 g/mol. The molecule has 0 atom stereocenters. The smallest absolute Gasteiger partial charge is 0.342 e. The molecule has 0 heterocycles. The van der Waals surface area contributed by atoms with Gasteiger partial charge >= 0.3 is 5.97 Å². The summed E-state index contributed by atoms with van der Waals surface area (Å²) in [5, 5.41) is 0. The van der Waals surface area contributed by atoms with Gasteiger partial charge in [-0.1, -0.05) is 6.07 Å². The van der Waals surface area contributed by atoms with Crippen LogP contribution >= 0.6 is 0 Å². The fraction of sp³-hybridized carbons (Fsp3) is 0.188. The summed E-state index contributed by atoms with van der Waals surface area (Å²) in [7, 11) is 0. The minimum Gasteiger partial charge on any atom is -0.462 e. The average Bonchev–Trinajstić information content (AvgIpc) is 2.43. The molecule has 0 amide bonds. The van der Waals surface area contributed by atoms with Crippen LogP contribution in [0.5, 0.6) is 11.5 Å². The molecule has 0 saturated carbocycles. The van der Waals surface area contributed by atoms with Gasteiger partial charge in [0.15, 0.2) is 5.75 Å². The maximum absolute atomic E-state index is 13.1. The Kier molecular flexibility index (Phi) is 4.42. The van der Waals surface area contributed by atoms with Crippen molar-refractivity contribution in [3.63, 3.8) is 0 Å². The van der Waals surface area contributed by atoms with E-state index >= 15 is 0 Å². The molecule has 5 heteroatoms. The van der Waals surface area contributed by atoms with Crippen molar-refractivity contribution in [3.05, 3.63) is 53.3 Å². The number of anilines is 1. The number of hydrogen-bond acceptors (Lipinski definition) is 4. The molecule has 0 unspecified atom stereocenters. The summed E-state index contributed by atoms with van der Waals surface area (Å²) in [6.45, 7) is 3.68. The lowest BCUT2D eigenvalue weighted by molar-refractivity contribution is 0.0523. The fourth-order valence-corrected chi connectivity index (χ4v) is 1.88. The molecule has 110 valence electrons. The van der Waals surface area contributed by atoms with Crippen molar-refractivity contribution in [2.24, 2.45) is 0 Å². The molecule has 0 aliphatic heterocycles. The SMILES string of the molecule is CCOC(=O)c1cccc(N)c1Oc1ccc(F)cc1C. The summed E-state index contributed by atoms with van der Waals surface area (Å²) in [6, 6.07) is 8.96. The summed E-state index contributed by atoms with van der Waals surface area (Å²) >= 11 is 0. The zero-order chi connectivity index (χ0) is 15.4. The summed E-state index contributed by atoms with van der Waals surface area (Å²) in [5.74, 6) is -0.225. The summed E-state index contributed by atoms with van der Waals surface area (Å²) in [5.41, 5.74) is 7.03. The Morgan fingerprint density at radius 1 is 1.29 bits per heavy atom. The van der Waals surface area contributed by atoms with Crippen molar-refractivity contribution in [1.29, 1.82) is 0 Å². The van der Waals surface area contributed by atoms with Crippen LogP contribution in [0.25, 0.3) is 0 Å². The Morgan fingerprint density at radius 2 is 2.05 bits per heavy atom. The normalized spacial score (nSPS) is 10.2. The van der Waals surface area contributed by atoms with Crippen LogP contribution in [-0.4, -0.2) is 12.6 Å². The van der Waals surface area contributed by atoms with Crippen molar-refractivity contribution in [1.82, 2.24) is 0 Å². The van der Waals surface area contributed by atoms with Gasteiger partial charge in [-0.05, 0) is 49.7 Å². The van der Waals surface area contributed by atoms with Crippen molar-refractivity contribution >= 4 is 11.7 Å². The van der Waals surface area contributed by atoms with Crippen molar-refractivity contribution in [2.75, 3.05) is 12.3 Å². The Hall–Kier alpha value is -2.56. The molecule has 0 aliphatic carbocycles. The highest BCUT2D eigenvalue weighted by atomic mass is 19.1. The third kappa shape index (κ3) is 3.31. The highest BCUT2D eigenvalue weighted by Gasteiger charge is 2.17. The van der Waals surface area contributed by atoms with Gasteiger partial charge in [-0.2, -0.15) is 0 Å². The molecule has 21 heavy (non-hydrogen) atoms. The quantitative estimate of drug-likeness (QED) is 0.689. The number of para-hydroxylation sites is 1. The van der Waals surface area contributed by atoms with Gasteiger partial charge in [0.25, 0.3) is 0 Å². The molecule has 2 N–H and O–H groups in total. The van der Waals surface area contributed by atoms with Gasteiger partial charge in [0.05, 0.1) is 12.3 Å². The minimum atomic E-state index is -0.514. The second-order valence-electron chi connectivity index (χ2n) is 4.46. The van der Waals surface area contributed by atoms with Gasteiger partial charge in [0, 0.05) is 0 Å². The number of esters is 1. The van der Waals surface area contributed by atoms with Crippen LogP contribution in [0.4, 0.5) is 10.1 Å². The number of benzene rings is 2. The highest BCUT2D eigenvalue weighted by Crippen LogP contribution is 2.33. The van der Waals surface area contributed by atoms with E-state index in [0.29, 0.717) is 17.0 Å². The zero-order valence-electron chi connectivity index (χ0n) is 11.9. The van der Waals surface area contributed by atoms with E-state index in [9.17, 15) is 9.18 Å². The second kappa shape index (κ2) is 6.26. The zero-order valence-corrected chi connectivity index (χ0v) is 11.9. The first kappa shape index (κ1) is 14.8. The van der Waals surface area contributed by atoms with Crippen LogP contribution in [-0.2, 0) is 4.74 Å². The van der Waals surface area contributed by atoms with Crippen LogP contribution in [0.1, 0.15) is 22.8 Å². The van der Waals surface area contributed by atoms with Gasteiger partial charge in [-0.3, -0.25) is 0 Å². The first-order valence-electron chi connectivity index (χ1n) is 6.52. The summed E-state index contributed by atoms with van der Waals surface area (Å²) in [4.78, 5) is 11.9. The number of ether oxygens (including phenoxy) is 2. The van der Waals surface area contributed by atoms with E-state index in [4.69, 9.17) is 15.2 Å². The van der Waals surface area contributed by atoms with Gasteiger partial charge in [0.1, 0.15) is 17.1 Å². The molecule has 0 aromatic heterocycles. The Labute approximate surface area is 122 Å². The lowest BCUT2D eigenvalue weighted by Crippen LogP contribution is -2.08. The molecule has 2 aromatic carbocycles. The van der Waals surface area contributed by atoms with E-state index in [1.54, 1.807) is 32.0 Å². The van der Waals surface area contributed by atoms with Crippen LogP contribution in [0, 0.1) is 12.7 Å². The molecule has 0 saturated heterocycles. The Bertz CT molecular complexity index is 671. The topological polar surface area (TPSA) is 61.5 Å². The van der Waals surface area contributed by atoms with Gasteiger partial charge < -0.3 is 15.2 Å². The van der Waals surface area contributed by atoms with Crippen molar-refractivity contribution in [3.8, 4) is 11.5 Å². The maximum atomic E-state index is 13.1. The Morgan fingerprint density at radius 3 is 2.71 bits per heavy atom. The second-order valence-corrected chi connectivity index (χ2v) is 4.46. The van der Waals surface area contributed by atoms with Gasteiger partial charge in [-0.15, -0.1) is 0 Å². The third-order valence-corrected chi connectivity index (χ3v) is 2.89. The maximum Gasteiger partial charge on any atom is 0.342 e. The van der Waals surface area contributed by atoms with Crippen LogP contribution in [0.2, 0.25) is 0 Å². The predicted octanol–water partition coefficient (Wildman–Crippen LogP) is 3.69. The molecular formula is C16H16FNO3. The average molecular weight is 289 g/mol. The van der Waals surface area contributed by atoms with Crippen molar-refractivity contribution < 1.29 is 18.7 Å². The number of carbonyl (C=O) groups excluding carboxylic acids is 1. The molecule has 0 radical (unpaired) electrons. The molecule has 0 fully saturated rings. The number of hydrogen-bond donors (Lipinski definition) is 1.